The van der Waals surface area contributed by atoms with Gasteiger partial charge in [0, 0.05) is 38.9 Å². The predicted octanol–water partition coefficient (Wildman–Crippen LogP) is 2.18. The first-order chi connectivity index (χ1) is 18.4. The van der Waals surface area contributed by atoms with E-state index in [-0.39, 0.29) is 24.0 Å². The third kappa shape index (κ3) is 5.23. The maximum atomic E-state index is 14.4. The van der Waals surface area contributed by atoms with Crippen LogP contribution in [0.25, 0.3) is 11.0 Å². The number of hydrogen-bond acceptors (Lipinski definition) is 9. The Bertz CT molecular complexity index is 1530. The summed E-state index contributed by atoms with van der Waals surface area (Å²) in [4.78, 5) is 21.8. The quantitative estimate of drug-likeness (QED) is 0.280. The van der Waals surface area contributed by atoms with Crippen LogP contribution in [0.1, 0.15) is 16.8 Å². The van der Waals surface area contributed by atoms with E-state index in [9.17, 15) is 4.39 Å². The van der Waals surface area contributed by atoms with E-state index >= 15 is 0 Å². The molecular formula is C26H28FN11. The van der Waals surface area contributed by atoms with Gasteiger partial charge < -0.3 is 16.4 Å². The maximum absolute atomic E-state index is 14.4. The number of nitriles is 1. The van der Waals surface area contributed by atoms with Gasteiger partial charge in [-0.05, 0) is 36.2 Å². The van der Waals surface area contributed by atoms with Gasteiger partial charge in [-0.3, -0.25) is 9.88 Å². The second-order valence-corrected chi connectivity index (χ2v) is 9.13. The largest absolute Gasteiger partial charge is 0.382 e. The van der Waals surface area contributed by atoms with Crippen LogP contribution in [0, 0.1) is 24.1 Å². The van der Waals surface area contributed by atoms with Gasteiger partial charge in [-0.1, -0.05) is 12.1 Å². The fraction of sp³-hybridized carbons (Fsp3) is 0.308. The van der Waals surface area contributed by atoms with Crippen molar-refractivity contribution >= 4 is 34.3 Å². The van der Waals surface area contributed by atoms with Crippen molar-refractivity contribution in [3.05, 3.63) is 65.4 Å². The predicted molar refractivity (Wildman–Crippen MR) is 143 cm³/mol. The number of fused-ring (bicyclic) bond motifs is 1. The second kappa shape index (κ2) is 10.8. The van der Waals surface area contributed by atoms with Crippen LogP contribution in [0.4, 0.5) is 21.8 Å². The van der Waals surface area contributed by atoms with Crippen molar-refractivity contribution in [3.63, 3.8) is 0 Å². The molecule has 0 aliphatic carbocycles. The lowest BCUT2D eigenvalue weighted by atomic mass is 10.1. The van der Waals surface area contributed by atoms with E-state index in [1.807, 2.05) is 24.0 Å². The summed E-state index contributed by atoms with van der Waals surface area (Å²) in [6.07, 6.45) is 3.59. The highest BCUT2D eigenvalue weighted by atomic mass is 19.1. The molecule has 11 nitrogen and oxygen atoms in total. The molecule has 4 aromatic rings. The van der Waals surface area contributed by atoms with Crippen molar-refractivity contribution in [1.29, 1.82) is 5.26 Å². The Kier molecular flexibility index (Phi) is 7.10. The molecule has 1 aliphatic rings. The molecule has 1 saturated heterocycles. The van der Waals surface area contributed by atoms with Crippen LogP contribution < -0.4 is 16.4 Å². The molecule has 1 aliphatic heterocycles. The topological polar surface area (TPSA) is 151 Å². The van der Waals surface area contributed by atoms with Gasteiger partial charge in [-0.2, -0.15) is 20.3 Å². The summed E-state index contributed by atoms with van der Waals surface area (Å²) in [5.41, 5.74) is 15.7. The summed E-state index contributed by atoms with van der Waals surface area (Å²) in [6, 6.07) is 10.7. The van der Waals surface area contributed by atoms with E-state index in [0.717, 1.165) is 30.8 Å². The van der Waals surface area contributed by atoms with Crippen LogP contribution >= 0.6 is 0 Å². The third-order valence-electron chi connectivity index (χ3n) is 6.61. The molecule has 0 amide bonds. The molecular weight excluding hydrogens is 485 g/mol. The highest BCUT2D eigenvalue weighted by molar-refractivity contribution is 6.00. The Labute approximate surface area is 219 Å². The first-order valence-corrected chi connectivity index (χ1v) is 12.3. The SMILES string of the molecule is Cc1cccnc1C(N)=Nc1nc(N)nc2c1cnn2CCN1CCN(c2cc(CC#N)ccc2F)CC1. The van der Waals surface area contributed by atoms with Gasteiger partial charge >= 0.3 is 0 Å². The number of nitrogens with two attached hydrogens (primary N) is 2. The van der Waals surface area contributed by atoms with Crippen LogP contribution in [0.5, 0.6) is 0 Å². The van der Waals surface area contributed by atoms with Crippen LogP contribution in [0.3, 0.4) is 0 Å². The number of aliphatic imine (C=N–C) groups is 1. The van der Waals surface area contributed by atoms with Gasteiger partial charge in [0.2, 0.25) is 5.95 Å². The third-order valence-corrected chi connectivity index (χ3v) is 6.61. The van der Waals surface area contributed by atoms with Crippen LogP contribution in [0.2, 0.25) is 0 Å². The molecule has 1 aromatic carbocycles. The van der Waals surface area contributed by atoms with Gasteiger partial charge in [-0.25, -0.2) is 14.1 Å². The molecule has 4 heterocycles. The Balaban J connectivity index is 1.27. The molecule has 0 bridgehead atoms. The highest BCUT2D eigenvalue weighted by Gasteiger charge is 2.21. The lowest BCUT2D eigenvalue weighted by molar-refractivity contribution is 0.245. The minimum absolute atomic E-state index is 0.0813. The summed E-state index contributed by atoms with van der Waals surface area (Å²) < 4.78 is 16.2. The van der Waals surface area contributed by atoms with Crippen LogP contribution in [-0.2, 0) is 13.0 Å². The standard InChI is InChI=1S/C26H28FN11/c1-17-3-2-8-31-22(17)23(29)33-24-19-16-32-38(25(19)35-26(30)34-24)14-11-36-9-12-37(13-10-36)21-15-18(6-7-28)4-5-20(21)27/h2-5,8,15-16H,6,9-14H2,1H3,(H4,29,30,33,34,35). The number of anilines is 2. The molecule has 38 heavy (non-hydrogen) atoms. The summed E-state index contributed by atoms with van der Waals surface area (Å²) in [5.74, 6) is 0.397. The summed E-state index contributed by atoms with van der Waals surface area (Å²) in [6.45, 7) is 6.15. The number of nitrogens with zero attached hydrogens (tertiary/aromatic N) is 9. The van der Waals surface area contributed by atoms with E-state index in [1.165, 1.54) is 6.07 Å². The Morgan fingerprint density at radius 1 is 1.16 bits per heavy atom. The minimum atomic E-state index is -0.266. The molecule has 5 rings (SSSR count). The summed E-state index contributed by atoms with van der Waals surface area (Å²) in [5, 5.41) is 14.1. The Hall–Kier alpha value is -4.63. The smallest absolute Gasteiger partial charge is 0.224 e. The second-order valence-electron chi connectivity index (χ2n) is 9.13. The first-order valence-electron chi connectivity index (χ1n) is 12.3. The van der Waals surface area contributed by atoms with E-state index < -0.39 is 0 Å². The molecule has 3 aromatic heterocycles. The first kappa shape index (κ1) is 25.0. The number of hydrogen-bond donors (Lipinski definition) is 2. The number of amidine groups is 1. The van der Waals surface area contributed by atoms with Crippen molar-refractivity contribution < 1.29 is 4.39 Å². The van der Waals surface area contributed by atoms with Crippen molar-refractivity contribution in [3.8, 4) is 6.07 Å². The van der Waals surface area contributed by atoms with Crippen molar-refractivity contribution in [2.45, 2.75) is 19.9 Å². The number of pyridine rings is 1. The van der Waals surface area contributed by atoms with Gasteiger partial charge in [0.15, 0.2) is 17.3 Å². The Morgan fingerprint density at radius 2 is 1.97 bits per heavy atom. The lowest BCUT2D eigenvalue weighted by Crippen LogP contribution is -2.47. The fourth-order valence-corrected chi connectivity index (χ4v) is 4.58. The molecule has 0 spiro atoms. The molecule has 12 heteroatoms. The Morgan fingerprint density at radius 3 is 2.74 bits per heavy atom. The van der Waals surface area contributed by atoms with Crippen molar-refractivity contribution in [1.82, 2.24) is 29.6 Å². The average Bonchev–Trinajstić information content (AvgIpc) is 3.32. The van der Waals surface area contributed by atoms with Gasteiger partial charge in [0.25, 0.3) is 0 Å². The monoisotopic (exact) mass is 513 g/mol. The summed E-state index contributed by atoms with van der Waals surface area (Å²) >= 11 is 0. The normalized spacial score (nSPS) is 14.7. The molecule has 0 radical (unpaired) electrons. The molecule has 0 saturated carbocycles. The van der Waals surface area contributed by atoms with Crippen molar-refractivity contribution in [2.75, 3.05) is 43.4 Å². The number of halogens is 1. The number of nitrogen functional groups attached to an aromatic ring is 1. The van der Waals surface area contributed by atoms with E-state index in [1.54, 1.807) is 29.2 Å². The molecule has 194 valence electrons. The summed E-state index contributed by atoms with van der Waals surface area (Å²) in [7, 11) is 0. The van der Waals surface area contributed by atoms with Crippen LogP contribution in [0.15, 0.2) is 47.7 Å². The zero-order valence-corrected chi connectivity index (χ0v) is 21.0. The minimum Gasteiger partial charge on any atom is -0.382 e. The number of aryl methyl sites for hydroxylation is 1. The zero-order valence-electron chi connectivity index (χ0n) is 21.0. The number of rotatable bonds is 7. The van der Waals surface area contributed by atoms with Gasteiger partial charge in [0.05, 0.1) is 36.3 Å². The lowest BCUT2D eigenvalue weighted by Gasteiger charge is -2.36. The average molecular weight is 514 g/mol. The molecule has 0 atom stereocenters. The number of benzene rings is 1. The van der Waals surface area contributed by atoms with Crippen molar-refractivity contribution in [2.24, 2.45) is 10.7 Å². The van der Waals surface area contributed by atoms with E-state index in [0.29, 0.717) is 47.9 Å². The fourth-order valence-electron chi connectivity index (χ4n) is 4.58. The van der Waals surface area contributed by atoms with E-state index in [4.69, 9.17) is 16.7 Å². The maximum Gasteiger partial charge on any atom is 0.224 e. The van der Waals surface area contributed by atoms with E-state index in [2.05, 4.69) is 36.0 Å². The number of piperazine rings is 1. The van der Waals surface area contributed by atoms with Gasteiger partial charge in [-0.15, -0.1) is 0 Å². The highest BCUT2D eigenvalue weighted by Crippen LogP contribution is 2.25. The van der Waals surface area contributed by atoms with Crippen LogP contribution in [-0.4, -0.2) is 68.2 Å². The number of aromatic nitrogens is 5. The molecule has 4 N–H and O–H groups in total. The molecule has 1 fully saturated rings. The zero-order chi connectivity index (χ0) is 26.6. The van der Waals surface area contributed by atoms with Gasteiger partial charge in [0.1, 0.15) is 11.5 Å². The molecule has 0 unspecified atom stereocenters.